The van der Waals surface area contributed by atoms with Gasteiger partial charge >= 0.3 is 0 Å². The molecule has 0 heterocycles. The van der Waals surface area contributed by atoms with E-state index in [1.807, 2.05) is 48.5 Å². The first-order valence-corrected chi connectivity index (χ1v) is 6.48. The SMILES string of the molecule is COC=Nc1ccc(Oc2ccc(NCOC)cc2)cc1. The average Bonchev–Trinajstić information content (AvgIpc) is 2.53. The largest absolute Gasteiger partial charge is 0.486 e. The van der Waals surface area contributed by atoms with Gasteiger partial charge in [0, 0.05) is 12.8 Å². The van der Waals surface area contributed by atoms with E-state index in [-0.39, 0.29) is 0 Å². The van der Waals surface area contributed by atoms with Crippen molar-refractivity contribution in [2.75, 3.05) is 26.3 Å². The Morgan fingerprint density at radius 2 is 1.57 bits per heavy atom. The lowest BCUT2D eigenvalue weighted by Crippen LogP contribution is -2.02. The number of ether oxygens (including phenoxy) is 3. The number of anilines is 1. The van der Waals surface area contributed by atoms with E-state index >= 15 is 0 Å². The summed E-state index contributed by atoms with van der Waals surface area (Å²) in [5.41, 5.74) is 1.79. The molecule has 1 N–H and O–H groups in total. The third-order valence-corrected chi connectivity index (χ3v) is 2.65. The molecule has 0 radical (unpaired) electrons. The number of nitrogens with one attached hydrogen (secondary N) is 1. The Balaban J connectivity index is 1.96. The van der Waals surface area contributed by atoms with E-state index in [0.29, 0.717) is 6.73 Å². The van der Waals surface area contributed by atoms with Crippen LogP contribution in [0, 0.1) is 0 Å². The van der Waals surface area contributed by atoms with E-state index in [1.54, 1.807) is 14.2 Å². The Kier molecular flexibility index (Phi) is 5.60. The van der Waals surface area contributed by atoms with Crippen molar-refractivity contribution in [3.63, 3.8) is 0 Å². The lowest BCUT2D eigenvalue weighted by atomic mass is 10.3. The highest BCUT2D eigenvalue weighted by Gasteiger charge is 1.98. The fraction of sp³-hybridized carbons (Fsp3) is 0.188. The zero-order chi connectivity index (χ0) is 14.9. The molecule has 0 atom stereocenters. The molecule has 0 amide bonds. The summed E-state index contributed by atoms with van der Waals surface area (Å²) >= 11 is 0. The van der Waals surface area contributed by atoms with Crippen molar-refractivity contribution in [3.05, 3.63) is 48.5 Å². The molecule has 0 aromatic heterocycles. The number of benzene rings is 2. The van der Waals surface area contributed by atoms with E-state index in [9.17, 15) is 0 Å². The van der Waals surface area contributed by atoms with E-state index in [4.69, 9.17) is 14.2 Å². The van der Waals surface area contributed by atoms with Crippen LogP contribution in [-0.4, -0.2) is 27.4 Å². The highest BCUT2D eigenvalue weighted by atomic mass is 16.5. The molecular weight excluding hydrogens is 268 g/mol. The smallest absolute Gasteiger partial charge is 0.174 e. The Hall–Kier alpha value is -2.53. The predicted octanol–water partition coefficient (Wildman–Crippen LogP) is 3.80. The zero-order valence-electron chi connectivity index (χ0n) is 12.1. The van der Waals surface area contributed by atoms with Crippen molar-refractivity contribution in [2.45, 2.75) is 0 Å². The van der Waals surface area contributed by atoms with Gasteiger partial charge in [0.25, 0.3) is 0 Å². The number of hydrogen-bond acceptors (Lipinski definition) is 5. The van der Waals surface area contributed by atoms with Crippen molar-refractivity contribution in [1.82, 2.24) is 0 Å². The molecule has 0 aliphatic rings. The lowest BCUT2D eigenvalue weighted by Gasteiger charge is -2.08. The molecule has 0 saturated heterocycles. The van der Waals surface area contributed by atoms with Crippen molar-refractivity contribution < 1.29 is 14.2 Å². The summed E-state index contributed by atoms with van der Waals surface area (Å²) in [6.45, 7) is 0.476. The van der Waals surface area contributed by atoms with Gasteiger partial charge in [-0.15, -0.1) is 0 Å². The molecule has 0 bridgehead atoms. The van der Waals surface area contributed by atoms with Gasteiger partial charge in [-0.3, -0.25) is 0 Å². The van der Waals surface area contributed by atoms with Gasteiger partial charge in [0.1, 0.15) is 18.2 Å². The molecule has 21 heavy (non-hydrogen) atoms. The van der Waals surface area contributed by atoms with Crippen molar-refractivity contribution >= 4 is 17.8 Å². The third kappa shape index (κ3) is 4.81. The van der Waals surface area contributed by atoms with Gasteiger partial charge in [0.2, 0.25) is 0 Å². The molecule has 5 nitrogen and oxygen atoms in total. The molecule has 110 valence electrons. The van der Waals surface area contributed by atoms with Crippen LogP contribution in [0.1, 0.15) is 0 Å². The number of aliphatic imine (C=N–C) groups is 1. The zero-order valence-corrected chi connectivity index (χ0v) is 12.1. The molecule has 5 heteroatoms. The second kappa shape index (κ2) is 7.91. The highest BCUT2D eigenvalue weighted by molar-refractivity contribution is 5.56. The Bertz CT molecular complexity index is 565. The number of methoxy groups -OCH3 is 2. The maximum atomic E-state index is 5.76. The van der Waals surface area contributed by atoms with Gasteiger partial charge in [0.05, 0.1) is 12.8 Å². The summed E-state index contributed by atoms with van der Waals surface area (Å²) in [7, 11) is 3.21. The van der Waals surface area contributed by atoms with Crippen LogP contribution in [0.2, 0.25) is 0 Å². The Morgan fingerprint density at radius 3 is 2.14 bits per heavy atom. The summed E-state index contributed by atoms with van der Waals surface area (Å²) in [6, 6.07) is 15.1. The summed E-state index contributed by atoms with van der Waals surface area (Å²) < 4.78 is 15.5. The van der Waals surface area contributed by atoms with Crippen LogP contribution >= 0.6 is 0 Å². The minimum absolute atomic E-state index is 0.476. The van der Waals surface area contributed by atoms with Gasteiger partial charge in [-0.1, -0.05) is 0 Å². The van der Waals surface area contributed by atoms with Crippen LogP contribution < -0.4 is 10.1 Å². The summed E-state index contributed by atoms with van der Waals surface area (Å²) in [5, 5.41) is 3.11. The molecule has 0 spiro atoms. The van der Waals surface area contributed by atoms with Gasteiger partial charge in [0.15, 0.2) is 6.40 Å². The fourth-order valence-electron chi connectivity index (χ4n) is 1.65. The fourth-order valence-corrected chi connectivity index (χ4v) is 1.65. The molecule has 2 rings (SSSR count). The topological polar surface area (TPSA) is 52.1 Å². The standard InChI is InChI=1S/C16H18N2O3/c1-19-11-17-13-3-7-15(8-4-13)21-16-9-5-14(6-10-16)18-12-20-2/h3-11,18H,12H2,1-2H3. The van der Waals surface area contributed by atoms with E-state index in [1.165, 1.54) is 6.40 Å². The molecule has 2 aromatic rings. The molecule has 2 aromatic carbocycles. The highest BCUT2D eigenvalue weighted by Crippen LogP contribution is 2.25. The molecule has 0 saturated carbocycles. The van der Waals surface area contributed by atoms with Crippen molar-refractivity contribution in [3.8, 4) is 11.5 Å². The van der Waals surface area contributed by atoms with Gasteiger partial charge in [-0.25, -0.2) is 4.99 Å². The second-order valence-electron chi connectivity index (χ2n) is 4.20. The summed E-state index contributed by atoms with van der Waals surface area (Å²) in [6.07, 6.45) is 1.39. The Morgan fingerprint density at radius 1 is 0.952 bits per heavy atom. The van der Waals surface area contributed by atoms with Crippen LogP contribution in [-0.2, 0) is 9.47 Å². The van der Waals surface area contributed by atoms with Crippen LogP contribution in [0.4, 0.5) is 11.4 Å². The van der Waals surface area contributed by atoms with E-state index in [0.717, 1.165) is 22.9 Å². The summed E-state index contributed by atoms with van der Waals surface area (Å²) in [4.78, 5) is 4.09. The number of nitrogens with zero attached hydrogens (tertiary/aromatic N) is 1. The van der Waals surface area contributed by atoms with Gasteiger partial charge < -0.3 is 19.5 Å². The molecular formula is C16H18N2O3. The monoisotopic (exact) mass is 286 g/mol. The van der Waals surface area contributed by atoms with Crippen molar-refractivity contribution in [1.29, 1.82) is 0 Å². The van der Waals surface area contributed by atoms with E-state index < -0.39 is 0 Å². The van der Waals surface area contributed by atoms with Crippen LogP contribution in [0.3, 0.4) is 0 Å². The molecule has 0 fully saturated rings. The maximum absolute atomic E-state index is 5.76. The number of rotatable bonds is 7. The minimum Gasteiger partial charge on any atom is -0.486 e. The molecule has 0 unspecified atom stereocenters. The predicted molar refractivity (Wildman–Crippen MR) is 83.6 cm³/mol. The third-order valence-electron chi connectivity index (χ3n) is 2.65. The maximum Gasteiger partial charge on any atom is 0.174 e. The first-order chi connectivity index (χ1) is 10.3. The average molecular weight is 286 g/mol. The quantitative estimate of drug-likeness (QED) is 0.478. The minimum atomic E-state index is 0.476. The van der Waals surface area contributed by atoms with E-state index in [2.05, 4.69) is 10.3 Å². The molecule has 0 aliphatic carbocycles. The van der Waals surface area contributed by atoms with Crippen molar-refractivity contribution in [2.24, 2.45) is 4.99 Å². The van der Waals surface area contributed by atoms with Crippen LogP contribution in [0.5, 0.6) is 11.5 Å². The molecule has 0 aliphatic heterocycles. The van der Waals surface area contributed by atoms with Gasteiger partial charge in [-0.2, -0.15) is 0 Å². The normalized spacial score (nSPS) is 10.6. The lowest BCUT2D eigenvalue weighted by molar-refractivity contribution is 0.221. The second-order valence-corrected chi connectivity index (χ2v) is 4.20. The first-order valence-electron chi connectivity index (χ1n) is 6.48. The first kappa shape index (κ1) is 14.9. The van der Waals surface area contributed by atoms with Crippen LogP contribution in [0.15, 0.2) is 53.5 Å². The number of hydrogen-bond donors (Lipinski definition) is 1. The van der Waals surface area contributed by atoms with Crippen LogP contribution in [0.25, 0.3) is 0 Å². The Labute approximate surface area is 124 Å². The summed E-state index contributed by atoms with van der Waals surface area (Å²) in [5.74, 6) is 1.52. The van der Waals surface area contributed by atoms with Gasteiger partial charge in [-0.05, 0) is 48.5 Å².